The summed E-state index contributed by atoms with van der Waals surface area (Å²) in [5.74, 6) is -0.207. The minimum atomic E-state index is -0.488. The molecule has 0 fully saturated rings. The summed E-state index contributed by atoms with van der Waals surface area (Å²) < 4.78 is 6.56. The lowest BCUT2D eigenvalue weighted by Gasteiger charge is -2.21. The van der Waals surface area contributed by atoms with Gasteiger partial charge in [0.05, 0.1) is 35.1 Å². The zero-order valence-corrected chi connectivity index (χ0v) is 23.0. The molecule has 3 rings (SSSR count). The van der Waals surface area contributed by atoms with Gasteiger partial charge in [0.2, 0.25) is 5.91 Å². The fourth-order valence-electron chi connectivity index (χ4n) is 3.72. The van der Waals surface area contributed by atoms with Gasteiger partial charge in [-0.2, -0.15) is 0 Å². The third kappa shape index (κ3) is 7.69. The van der Waals surface area contributed by atoms with E-state index in [4.69, 9.17) is 16.3 Å². The van der Waals surface area contributed by atoms with E-state index in [0.717, 1.165) is 0 Å². The van der Waals surface area contributed by atoms with Crippen LogP contribution in [0.15, 0.2) is 66.3 Å². The van der Waals surface area contributed by atoms with Crippen LogP contribution in [0, 0.1) is 5.92 Å². The highest BCUT2D eigenvalue weighted by Gasteiger charge is 2.25. The van der Waals surface area contributed by atoms with Gasteiger partial charge in [0.1, 0.15) is 0 Å². The molecule has 0 aliphatic heterocycles. The largest absolute Gasteiger partial charge is 0.465 e. The highest BCUT2D eigenvalue weighted by Crippen LogP contribution is 2.26. The second-order valence-corrected chi connectivity index (χ2v) is 10.1. The number of esters is 1. The van der Waals surface area contributed by atoms with Gasteiger partial charge >= 0.3 is 5.97 Å². The Bertz CT molecular complexity index is 1310. The van der Waals surface area contributed by atoms with Gasteiger partial charge in [-0.3, -0.25) is 9.59 Å². The number of ether oxygens (including phenoxy) is 1. The van der Waals surface area contributed by atoms with Gasteiger partial charge in [-0.25, -0.2) is 4.79 Å². The molecule has 11 heteroatoms. The zero-order valence-electron chi connectivity index (χ0n) is 21.4. The third-order valence-electron chi connectivity index (χ3n) is 5.40. The normalized spacial score (nSPS) is 11.6. The molecule has 9 nitrogen and oxygen atoms in total. The number of allylic oxidation sites excluding steroid dienone is 1. The minimum absolute atomic E-state index is 0.0541. The molecule has 200 valence electrons. The fourth-order valence-corrected chi connectivity index (χ4v) is 4.69. The van der Waals surface area contributed by atoms with Gasteiger partial charge in [-0.1, -0.05) is 61.5 Å². The first-order chi connectivity index (χ1) is 18.2. The SMILES string of the molecule is C=CCn1c(SCC(=O)Nc2cccc(C(=O)OC)c2)nnc1[C@@H](CC(C)C)NC(=O)c1ccccc1Cl. The lowest BCUT2D eigenvalue weighted by atomic mass is 10.0. The summed E-state index contributed by atoms with van der Waals surface area (Å²) in [4.78, 5) is 37.4. The van der Waals surface area contributed by atoms with Crippen molar-refractivity contribution in [3.05, 3.63) is 83.2 Å². The average Bonchev–Trinajstić information content (AvgIpc) is 3.29. The van der Waals surface area contributed by atoms with E-state index < -0.39 is 12.0 Å². The molecule has 1 atom stereocenters. The van der Waals surface area contributed by atoms with Crippen LogP contribution in [-0.4, -0.2) is 45.4 Å². The summed E-state index contributed by atoms with van der Waals surface area (Å²) in [5.41, 5.74) is 1.19. The Kier molecular flexibility index (Phi) is 10.5. The highest BCUT2D eigenvalue weighted by atomic mass is 35.5. The van der Waals surface area contributed by atoms with Gasteiger partial charge in [0.25, 0.3) is 5.91 Å². The van der Waals surface area contributed by atoms with Crippen molar-refractivity contribution in [3.8, 4) is 0 Å². The molecular formula is C27H30ClN5O4S. The molecule has 0 bridgehead atoms. The smallest absolute Gasteiger partial charge is 0.337 e. The standard InChI is InChI=1S/C27H30ClN5O4S/c1-5-13-33-24(22(14-17(2)3)30-25(35)20-11-6-7-12-21(20)28)31-32-27(33)38-16-23(34)29-19-10-8-9-18(15-19)26(36)37-4/h5-12,15,17,22H,1,13-14,16H2,2-4H3,(H,29,34)(H,30,35)/t22-/m1/s1. The number of thioether (sulfide) groups is 1. The number of anilines is 1. The molecule has 38 heavy (non-hydrogen) atoms. The van der Waals surface area contributed by atoms with Crippen LogP contribution in [0.2, 0.25) is 5.02 Å². The van der Waals surface area contributed by atoms with Crippen molar-refractivity contribution in [1.29, 1.82) is 0 Å². The van der Waals surface area contributed by atoms with E-state index in [1.54, 1.807) is 54.6 Å². The molecule has 0 unspecified atom stereocenters. The summed E-state index contributed by atoms with van der Waals surface area (Å²) in [6.45, 7) is 8.33. The summed E-state index contributed by atoms with van der Waals surface area (Å²) in [5, 5.41) is 15.4. The van der Waals surface area contributed by atoms with Gasteiger partial charge in [-0.05, 0) is 42.7 Å². The molecule has 2 aromatic carbocycles. The van der Waals surface area contributed by atoms with Gasteiger partial charge in [-0.15, -0.1) is 16.8 Å². The van der Waals surface area contributed by atoms with Gasteiger partial charge in [0, 0.05) is 12.2 Å². The fraction of sp³-hybridized carbons (Fsp3) is 0.296. The quantitative estimate of drug-likeness (QED) is 0.180. The first-order valence-corrected chi connectivity index (χ1v) is 13.3. The topological polar surface area (TPSA) is 115 Å². The van der Waals surface area contributed by atoms with Crippen LogP contribution in [0.3, 0.4) is 0 Å². The number of rotatable bonds is 12. The van der Waals surface area contributed by atoms with Gasteiger partial charge < -0.3 is 19.9 Å². The van der Waals surface area contributed by atoms with E-state index in [9.17, 15) is 14.4 Å². The van der Waals surface area contributed by atoms with E-state index in [1.165, 1.54) is 18.9 Å². The van der Waals surface area contributed by atoms with Crippen LogP contribution in [0.5, 0.6) is 0 Å². The molecule has 0 spiro atoms. The molecule has 0 aliphatic rings. The Morgan fingerprint density at radius 1 is 1.16 bits per heavy atom. The molecule has 0 saturated heterocycles. The van der Waals surface area contributed by atoms with Crippen LogP contribution >= 0.6 is 23.4 Å². The second kappa shape index (κ2) is 13.8. The number of nitrogens with zero attached hydrogens (tertiary/aromatic N) is 3. The van der Waals surface area contributed by atoms with Crippen LogP contribution in [0.4, 0.5) is 5.69 Å². The maximum absolute atomic E-state index is 13.0. The van der Waals surface area contributed by atoms with Crippen LogP contribution in [0.25, 0.3) is 0 Å². The van der Waals surface area contributed by atoms with Crippen molar-refractivity contribution in [2.75, 3.05) is 18.2 Å². The number of carbonyl (C=O) groups is 3. The van der Waals surface area contributed by atoms with E-state index in [-0.39, 0.29) is 23.5 Å². The summed E-state index contributed by atoms with van der Waals surface area (Å²) in [7, 11) is 1.30. The van der Waals surface area contributed by atoms with E-state index in [1.807, 2.05) is 4.57 Å². The summed E-state index contributed by atoms with van der Waals surface area (Å²) >= 11 is 7.44. The molecule has 2 N–H and O–H groups in total. The van der Waals surface area contributed by atoms with E-state index >= 15 is 0 Å². The number of nitrogens with one attached hydrogen (secondary N) is 2. The van der Waals surface area contributed by atoms with Crippen LogP contribution < -0.4 is 10.6 Å². The number of benzene rings is 2. The molecule has 1 heterocycles. The van der Waals surface area contributed by atoms with Crippen molar-refractivity contribution in [2.24, 2.45) is 5.92 Å². The van der Waals surface area contributed by atoms with Crippen molar-refractivity contribution in [2.45, 2.75) is 38.0 Å². The third-order valence-corrected chi connectivity index (χ3v) is 6.70. The number of amides is 2. The minimum Gasteiger partial charge on any atom is -0.465 e. The lowest BCUT2D eigenvalue weighted by Crippen LogP contribution is -2.32. The van der Waals surface area contributed by atoms with Crippen molar-refractivity contribution in [1.82, 2.24) is 20.1 Å². The Balaban J connectivity index is 1.76. The maximum atomic E-state index is 13.0. The van der Waals surface area contributed by atoms with E-state index in [0.29, 0.717) is 45.8 Å². The second-order valence-electron chi connectivity index (χ2n) is 8.78. The summed E-state index contributed by atoms with van der Waals surface area (Å²) in [6.07, 6.45) is 2.32. The molecule has 0 aliphatic carbocycles. The zero-order chi connectivity index (χ0) is 27.7. The van der Waals surface area contributed by atoms with Crippen molar-refractivity contribution >= 4 is 46.8 Å². The lowest BCUT2D eigenvalue weighted by molar-refractivity contribution is -0.113. The Labute approximate surface area is 231 Å². The highest BCUT2D eigenvalue weighted by molar-refractivity contribution is 7.99. The average molecular weight is 556 g/mol. The first kappa shape index (κ1) is 28.9. The summed E-state index contributed by atoms with van der Waals surface area (Å²) in [6, 6.07) is 12.9. The molecule has 2 amide bonds. The molecule has 0 saturated carbocycles. The number of methoxy groups -OCH3 is 1. The number of hydrogen-bond donors (Lipinski definition) is 2. The first-order valence-electron chi connectivity index (χ1n) is 11.9. The predicted molar refractivity (Wildman–Crippen MR) is 148 cm³/mol. The van der Waals surface area contributed by atoms with Crippen LogP contribution in [0.1, 0.15) is 52.9 Å². The number of hydrogen-bond acceptors (Lipinski definition) is 7. The van der Waals surface area contributed by atoms with Gasteiger partial charge in [0.15, 0.2) is 11.0 Å². The molecular weight excluding hydrogens is 526 g/mol. The number of carbonyl (C=O) groups excluding carboxylic acids is 3. The Hall–Kier alpha value is -3.63. The number of aromatic nitrogens is 3. The van der Waals surface area contributed by atoms with Crippen LogP contribution in [-0.2, 0) is 16.1 Å². The predicted octanol–water partition coefficient (Wildman–Crippen LogP) is 5.15. The monoisotopic (exact) mass is 555 g/mol. The van der Waals surface area contributed by atoms with Crippen molar-refractivity contribution in [3.63, 3.8) is 0 Å². The number of halogens is 1. The van der Waals surface area contributed by atoms with E-state index in [2.05, 4.69) is 41.3 Å². The van der Waals surface area contributed by atoms with Crippen molar-refractivity contribution < 1.29 is 19.1 Å². The Morgan fingerprint density at radius 3 is 2.61 bits per heavy atom. The molecule has 0 radical (unpaired) electrons. The molecule has 1 aromatic heterocycles. The molecule has 3 aromatic rings. The Morgan fingerprint density at radius 2 is 1.92 bits per heavy atom. The maximum Gasteiger partial charge on any atom is 0.337 e.